The minimum Gasteiger partial charge on any atom is -0.463 e. The molecule has 0 saturated heterocycles. The van der Waals surface area contributed by atoms with Crippen molar-refractivity contribution in [3.05, 3.63) is 69.0 Å². The molecule has 8 heteroatoms. The summed E-state index contributed by atoms with van der Waals surface area (Å²) in [6.45, 7) is 0.232. The lowest BCUT2D eigenvalue weighted by Crippen LogP contribution is -2.03. The highest BCUT2D eigenvalue weighted by Gasteiger charge is 2.08. The maximum Gasteiger partial charge on any atom is 0.330 e. The number of H-pyrrole nitrogens is 1. The van der Waals surface area contributed by atoms with Crippen molar-refractivity contribution < 1.29 is 18.8 Å². The van der Waals surface area contributed by atoms with Crippen LogP contribution in [0.3, 0.4) is 0 Å². The summed E-state index contributed by atoms with van der Waals surface area (Å²) in [4.78, 5) is 25.5. The van der Waals surface area contributed by atoms with E-state index in [9.17, 15) is 19.3 Å². The fraction of sp³-hybridized carbons (Fsp3) is 0.167. The van der Waals surface area contributed by atoms with Gasteiger partial charge in [-0.2, -0.15) is 0 Å². The normalized spacial score (nSPS) is 11.3. The van der Waals surface area contributed by atoms with Crippen molar-refractivity contribution in [1.82, 2.24) is 4.98 Å². The van der Waals surface area contributed by atoms with Gasteiger partial charge < -0.3 is 9.72 Å². The van der Waals surface area contributed by atoms with Crippen LogP contribution < -0.4 is 0 Å². The molecule has 1 aromatic carbocycles. The summed E-state index contributed by atoms with van der Waals surface area (Å²) >= 11 is 0.984. The number of esters is 1. The molecular formula is C18H15FN2O4S. The predicted octanol–water partition coefficient (Wildman–Crippen LogP) is 4.47. The van der Waals surface area contributed by atoms with Gasteiger partial charge in [0.1, 0.15) is 5.82 Å². The third-order valence-corrected chi connectivity index (χ3v) is 4.74. The molecule has 3 rings (SSSR count). The highest BCUT2D eigenvalue weighted by molar-refractivity contribution is 7.16. The van der Waals surface area contributed by atoms with Crippen molar-refractivity contribution in [2.75, 3.05) is 6.61 Å². The second kappa shape index (κ2) is 7.92. The van der Waals surface area contributed by atoms with Crippen LogP contribution in [-0.4, -0.2) is 22.5 Å². The lowest BCUT2D eigenvalue weighted by Gasteiger charge is -2.02. The standard InChI is InChI=1S/C18H15FN2O4S/c19-13-3-6-16-15(10-13)12(11-20-16)2-1-9-25-18(22)8-5-14-4-7-17(26-14)21(23)24/h3-8,10-11,20H,1-2,9H2/b8-5+. The van der Waals surface area contributed by atoms with E-state index in [4.69, 9.17) is 4.74 Å². The van der Waals surface area contributed by atoms with Gasteiger partial charge in [0, 0.05) is 34.1 Å². The summed E-state index contributed by atoms with van der Waals surface area (Å²) < 4.78 is 18.4. The van der Waals surface area contributed by atoms with Crippen LogP contribution in [0.25, 0.3) is 17.0 Å². The van der Waals surface area contributed by atoms with Gasteiger partial charge in [0.15, 0.2) is 0 Å². The second-order valence-electron chi connectivity index (χ2n) is 5.54. The molecule has 2 aromatic heterocycles. The number of nitrogens with one attached hydrogen (secondary N) is 1. The summed E-state index contributed by atoms with van der Waals surface area (Å²) in [6.07, 6.45) is 5.82. The molecule has 0 spiro atoms. The van der Waals surface area contributed by atoms with Crippen LogP contribution in [0.15, 0.2) is 42.6 Å². The number of nitrogens with zero attached hydrogens (tertiary/aromatic N) is 1. The van der Waals surface area contributed by atoms with E-state index in [0.717, 1.165) is 27.8 Å². The number of aryl methyl sites for hydroxylation is 1. The van der Waals surface area contributed by atoms with Gasteiger partial charge in [-0.05, 0) is 48.7 Å². The lowest BCUT2D eigenvalue weighted by atomic mass is 10.1. The number of benzene rings is 1. The monoisotopic (exact) mass is 374 g/mol. The van der Waals surface area contributed by atoms with E-state index in [0.29, 0.717) is 17.7 Å². The lowest BCUT2D eigenvalue weighted by molar-refractivity contribution is -0.380. The minimum atomic E-state index is -0.508. The Morgan fingerprint density at radius 2 is 2.19 bits per heavy atom. The Kier molecular flexibility index (Phi) is 5.43. The summed E-state index contributed by atoms with van der Waals surface area (Å²) in [5, 5.41) is 11.5. The number of ether oxygens (including phenoxy) is 1. The zero-order valence-electron chi connectivity index (χ0n) is 13.6. The molecule has 0 aliphatic rings. The highest BCUT2D eigenvalue weighted by Crippen LogP contribution is 2.25. The number of aromatic amines is 1. The topological polar surface area (TPSA) is 85.2 Å². The molecule has 0 radical (unpaired) electrons. The Bertz CT molecular complexity index is 977. The van der Waals surface area contributed by atoms with E-state index in [1.807, 2.05) is 6.20 Å². The molecule has 26 heavy (non-hydrogen) atoms. The Labute approximate surface area is 152 Å². The molecule has 0 bridgehead atoms. The summed E-state index contributed by atoms with van der Waals surface area (Å²) in [7, 11) is 0. The van der Waals surface area contributed by atoms with E-state index in [1.54, 1.807) is 12.1 Å². The quantitative estimate of drug-likeness (QED) is 0.217. The number of halogens is 1. The number of fused-ring (bicyclic) bond motifs is 1. The number of aromatic nitrogens is 1. The maximum atomic E-state index is 13.3. The van der Waals surface area contributed by atoms with E-state index >= 15 is 0 Å². The average molecular weight is 374 g/mol. The molecule has 0 fully saturated rings. The van der Waals surface area contributed by atoms with Gasteiger partial charge in [0.25, 0.3) is 0 Å². The van der Waals surface area contributed by atoms with Crippen LogP contribution in [0.2, 0.25) is 0 Å². The molecule has 134 valence electrons. The Morgan fingerprint density at radius 3 is 2.96 bits per heavy atom. The van der Waals surface area contributed by atoms with Gasteiger partial charge in [0.05, 0.1) is 11.5 Å². The molecule has 0 aliphatic carbocycles. The van der Waals surface area contributed by atoms with E-state index < -0.39 is 10.9 Å². The van der Waals surface area contributed by atoms with Crippen LogP contribution >= 0.6 is 11.3 Å². The van der Waals surface area contributed by atoms with Gasteiger partial charge >= 0.3 is 11.0 Å². The van der Waals surface area contributed by atoms with Crippen LogP contribution in [0, 0.1) is 15.9 Å². The molecule has 0 aliphatic heterocycles. The van der Waals surface area contributed by atoms with Crippen molar-refractivity contribution >= 4 is 39.3 Å². The fourth-order valence-electron chi connectivity index (χ4n) is 2.52. The third-order valence-electron chi connectivity index (χ3n) is 3.74. The molecule has 0 atom stereocenters. The Morgan fingerprint density at radius 1 is 1.35 bits per heavy atom. The molecule has 0 unspecified atom stereocenters. The first-order valence-corrected chi connectivity index (χ1v) is 8.69. The van der Waals surface area contributed by atoms with Crippen LogP contribution in [0.5, 0.6) is 0 Å². The van der Waals surface area contributed by atoms with Crippen LogP contribution in [0.1, 0.15) is 16.9 Å². The summed E-state index contributed by atoms with van der Waals surface area (Å²) in [5.41, 5.74) is 1.84. The average Bonchev–Trinajstić information content (AvgIpc) is 3.24. The first-order chi connectivity index (χ1) is 12.5. The highest BCUT2D eigenvalue weighted by atomic mass is 32.1. The zero-order chi connectivity index (χ0) is 18.5. The van der Waals surface area contributed by atoms with Gasteiger partial charge in [-0.1, -0.05) is 11.3 Å². The molecule has 6 nitrogen and oxygen atoms in total. The summed E-state index contributed by atoms with van der Waals surface area (Å²) in [6, 6.07) is 7.53. The number of hydrogen-bond donors (Lipinski definition) is 1. The molecule has 1 N–H and O–H groups in total. The number of carbonyl (C=O) groups is 1. The molecular weight excluding hydrogens is 359 g/mol. The van der Waals surface area contributed by atoms with Crippen molar-refractivity contribution in [1.29, 1.82) is 0 Å². The second-order valence-corrected chi connectivity index (χ2v) is 6.64. The van der Waals surface area contributed by atoms with E-state index in [1.165, 1.54) is 30.4 Å². The SMILES string of the molecule is O=C(/C=C/c1ccc([N+](=O)[O-])s1)OCCCc1c[nH]c2ccc(F)cc12. The van der Waals surface area contributed by atoms with Crippen molar-refractivity contribution in [2.24, 2.45) is 0 Å². The van der Waals surface area contributed by atoms with Gasteiger partial charge in [-0.25, -0.2) is 9.18 Å². The molecule has 2 heterocycles. The van der Waals surface area contributed by atoms with Crippen molar-refractivity contribution in [3.8, 4) is 0 Å². The summed E-state index contributed by atoms with van der Waals surface area (Å²) in [5.74, 6) is -0.797. The number of carbonyl (C=O) groups excluding carboxylic acids is 1. The van der Waals surface area contributed by atoms with Crippen molar-refractivity contribution in [2.45, 2.75) is 12.8 Å². The van der Waals surface area contributed by atoms with Gasteiger partial charge in [-0.3, -0.25) is 10.1 Å². The zero-order valence-corrected chi connectivity index (χ0v) is 14.4. The maximum absolute atomic E-state index is 13.3. The number of nitro groups is 1. The first-order valence-electron chi connectivity index (χ1n) is 7.87. The fourth-order valence-corrected chi connectivity index (χ4v) is 3.25. The largest absolute Gasteiger partial charge is 0.463 e. The Balaban J connectivity index is 1.46. The van der Waals surface area contributed by atoms with Gasteiger partial charge in [-0.15, -0.1) is 0 Å². The first kappa shape index (κ1) is 17.8. The molecule has 0 saturated carbocycles. The smallest absolute Gasteiger partial charge is 0.330 e. The third kappa shape index (κ3) is 4.34. The Hall–Kier alpha value is -3.00. The number of hydrogen-bond acceptors (Lipinski definition) is 5. The van der Waals surface area contributed by atoms with Gasteiger partial charge in [0.2, 0.25) is 0 Å². The number of rotatable bonds is 7. The number of thiophene rings is 1. The van der Waals surface area contributed by atoms with E-state index in [-0.39, 0.29) is 17.4 Å². The van der Waals surface area contributed by atoms with Crippen LogP contribution in [-0.2, 0) is 16.0 Å². The molecule has 3 aromatic rings. The predicted molar refractivity (Wildman–Crippen MR) is 97.5 cm³/mol. The van der Waals surface area contributed by atoms with Crippen LogP contribution in [0.4, 0.5) is 9.39 Å². The van der Waals surface area contributed by atoms with Crippen molar-refractivity contribution in [3.63, 3.8) is 0 Å². The minimum absolute atomic E-state index is 0.0215. The van der Waals surface area contributed by atoms with E-state index in [2.05, 4.69) is 4.98 Å². The molecule has 0 amide bonds.